The lowest BCUT2D eigenvalue weighted by Crippen LogP contribution is -2.27. The maximum atomic E-state index is 12.7. The fourth-order valence-corrected chi connectivity index (χ4v) is 5.43. The maximum Gasteiger partial charge on any atom is 0.328 e. The van der Waals surface area contributed by atoms with Crippen LogP contribution in [0.15, 0.2) is 35.7 Å². The Labute approximate surface area is 178 Å². The van der Waals surface area contributed by atoms with Gasteiger partial charge in [-0.1, -0.05) is 18.3 Å². The molecule has 2 aromatic rings. The molecule has 0 fully saturated rings. The third-order valence-corrected chi connectivity index (χ3v) is 6.96. The third kappa shape index (κ3) is 5.50. The van der Waals surface area contributed by atoms with Gasteiger partial charge in [-0.15, -0.1) is 23.2 Å². The van der Waals surface area contributed by atoms with Crippen molar-refractivity contribution in [2.75, 3.05) is 29.7 Å². The van der Waals surface area contributed by atoms with Crippen molar-refractivity contribution in [3.05, 3.63) is 51.4 Å². The fraction of sp³-hybridized carbons (Fsp3) is 0.412. The van der Waals surface area contributed by atoms with E-state index in [2.05, 4.69) is 0 Å². The molecule has 154 valence electrons. The van der Waals surface area contributed by atoms with E-state index < -0.39 is 20.3 Å². The van der Waals surface area contributed by atoms with Crippen LogP contribution in [0.2, 0.25) is 0 Å². The van der Waals surface area contributed by atoms with Crippen molar-refractivity contribution >= 4 is 55.3 Å². The summed E-state index contributed by atoms with van der Waals surface area (Å²) in [6.07, 6.45) is 0.150. The van der Waals surface area contributed by atoms with Crippen molar-refractivity contribution in [2.45, 2.75) is 18.6 Å². The molecule has 1 aromatic carbocycles. The number of hydrogen-bond donors (Lipinski definition) is 0. The number of alkyl halides is 2. The highest BCUT2D eigenvalue weighted by molar-refractivity contribution is 7.87. The molecule has 0 saturated heterocycles. The summed E-state index contributed by atoms with van der Waals surface area (Å²) in [5, 5.41) is 11.3. The minimum atomic E-state index is -4.11. The molecule has 28 heavy (non-hydrogen) atoms. The molecule has 0 amide bonds. The van der Waals surface area contributed by atoms with Crippen molar-refractivity contribution in [1.29, 1.82) is 0 Å². The van der Waals surface area contributed by atoms with Gasteiger partial charge in [-0.25, -0.2) is 0 Å². The number of anilines is 1. The first-order valence-corrected chi connectivity index (χ1v) is 11.9. The van der Waals surface area contributed by atoms with Gasteiger partial charge in [-0.05, 0) is 42.1 Å². The Bertz CT molecular complexity index is 881. The highest BCUT2D eigenvalue weighted by Gasteiger charge is 2.34. The Morgan fingerprint density at radius 1 is 1.18 bits per heavy atom. The number of thiophene rings is 1. The van der Waals surface area contributed by atoms with Crippen LogP contribution in [0.1, 0.15) is 24.2 Å². The summed E-state index contributed by atoms with van der Waals surface area (Å²) in [7, 11) is -4.11. The first-order valence-electron chi connectivity index (χ1n) is 8.46. The summed E-state index contributed by atoms with van der Waals surface area (Å²) < 4.78 is 30.7. The van der Waals surface area contributed by atoms with Gasteiger partial charge in [0.25, 0.3) is 0 Å². The van der Waals surface area contributed by atoms with Crippen LogP contribution in [0.3, 0.4) is 0 Å². The number of rotatable bonds is 11. The van der Waals surface area contributed by atoms with E-state index in [4.69, 9.17) is 27.4 Å². The number of nitrogens with zero attached hydrogens (tertiary/aromatic N) is 2. The third-order valence-electron chi connectivity index (χ3n) is 4.03. The summed E-state index contributed by atoms with van der Waals surface area (Å²) in [5.41, 5.74) is 0.982. The average Bonchev–Trinajstić information content (AvgIpc) is 3.12. The smallest absolute Gasteiger partial charge is 0.328 e. The van der Waals surface area contributed by atoms with Crippen molar-refractivity contribution < 1.29 is 17.5 Å². The summed E-state index contributed by atoms with van der Waals surface area (Å²) in [6.45, 7) is 2.85. The highest BCUT2D eigenvalue weighted by atomic mass is 35.5. The zero-order valence-corrected chi connectivity index (χ0v) is 18.2. The second-order valence-electron chi connectivity index (χ2n) is 5.77. The Morgan fingerprint density at radius 2 is 1.79 bits per heavy atom. The lowest BCUT2D eigenvalue weighted by Gasteiger charge is -2.23. The van der Waals surface area contributed by atoms with Gasteiger partial charge >= 0.3 is 15.1 Å². The van der Waals surface area contributed by atoms with E-state index in [1.54, 1.807) is 19.1 Å². The fourth-order valence-electron chi connectivity index (χ4n) is 2.76. The van der Waals surface area contributed by atoms with Gasteiger partial charge in [0.1, 0.15) is 11.0 Å². The van der Waals surface area contributed by atoms with Crippen LogP contribution in [-0.2, 0) is 10.1 Å². The number of nitro groups is 1. The van der Waals surface area contributed by atoms with Crippen molar-refractivity contribution in [3.63, 3.8) is 0 Å². The standard InChI is InChI=1S/C17H20Cl2N2O5S2/c1-2-16(15-7-12-27-17(15)21(22)23)28(24,25)26-14-5-3-13(4-6-14)20(10-8-18)11-9-19/h3-7,12,16H,2,8-11H2,1H3. The van der Waals surface area contributed by atoms with Crippen LogP contribution in [0.5, 0.6) is 5.75 Å². The summed E-state index contributed by atoms with van der Waals surface area (Å²) in [4.78, 5) is 12.6. The normalized spacial score (nSPS) is 12.5. The zero-order valence-electron chi connectivity index (χ0n) is 15.1. The quantitative estimate of drug-likeness (QED) is 0.204. The molecule has 1 atom stereocenters. The van der Waals surface area contributed by atoms with E-state index in [9.17, 15) is 18.5 Å². The SMILES string of the molecule is CCC(c1ccsc1[N+](=O)[O-])S(=O)(=O)Oc1ccc(N(CCCl)CCCl)cc1. The predicted octanol–water partition coefficient (Wildman–Crippen LogP) is 4.80. The van der Waals surface area contributed by atoms with Crippen LogP contribution in [0.4, 0.5) is 10.7 Å². The molecule has 0 bridgehead atoms. The number of benzene rings is 1. The summed E-state index contributed by atoms with van der Waals surface area (Å²) in [5.74, 6) is 0.999. The molecule has 0 aliphatic rings. The van der Waals surface area contributed by atoms with E-state index in [0.717, 1.165) is 17.0 Å². The molecule has 0 aliphatic heterocycles. The Balaban J connectivity index is 2.22. The highest BCUT2D eigenvalue weighted by Crippen LogP contribution is 2.38. The van der Waals surface area contributed by atoms with Crippen LogP contribution in [0, 0.1) is 10.1 Å². The van der Waals surface area contributed by atoms with Crippen molar-refractivity contribution in [3.8, 4) is 5.75 Å². The summed E-state index contributed by atoms with van der Waals surface area (Å²) >= 11 is 12.5. The van der Waals surface area contributed by atoms with Gasteiger partial charge in [0.2, 0.25) is 0 Å². The molecule has 0 N–H and O–H groups in total. The first kappa shape index (κ1) is 22.7. The van der Waals surface area contributed by atoms with Gasteiger partial charge < -0.3 is 9.08 Å². The van der Waals surface area contributed by atoms with Crippen LogP contribution in [-0.4, -0.2) is 38.2 Å². The molecule has 11 heteroatoms. The summed E-state index contributed by atoms with van der Waals surface area (Å²) in [6, 6.07) is 7.97. The number of hydrogen-bond acceptors (Lipinski definition) is 7. The lowest BCUT2D eigenvalue weighted by atomic mass is 10.2. The topological polar surface area (TPSA) is 89.8 Å². The molecule has 2 rings (SSSR count). The van der Waals surface area contributed by atoms with Crippen LogP contribution in [0.25, 0.3) is 0 Å². The van der Waals surface area contributed by atoms with Gasteiger partial charge in [-0.3, -0.25) is 10.1 Å². The first-order chi connectivity index (χ1) is 13.3. The Hall–Kier alpha value is -1.55. The Kier molecular flexibility index (Phi) is 8.36. The molecule has 1 heterocycles. The molecular weight excluding hydrogens is 447 g/mol. The minimum Gasteiger partial charge on any atom is -0.382 e. The molecule has 0 aliphatic carbocycles. The monoisotopic (exact) mass is 466 g/mol. The lowest BCUT2D eigenvalue weighted by molar-refractivity contribution is -0.380. The largest absolute Gasteiger partial charge is 0.382 e. The van der Waals surface area contributed by atoms with Gasteiger partial charge in [-0.2, -0.15) is 8.42 Å². The van der Waals surface area contributed by atoms with Gasteiger partial charge in [0, 0.05) is 30.5 Å². The number of halogens is 2. The minimum absolute atomic E-state index is 0.136. The zero-order chi connectivity index (χ0) is 20.7. The second kappa shape index (κ2) is 10.3. The molecule has 0 spiro atoms. The molecule has 0 radical (unpaired) electrons. The molecule has 0 saturated carbocycles. The van der Waals surface area contributed by atoms with E-state index >= 15 is 0 Å². The van der Waals surface area contributed by atoms with Crippen LogP contribution < -0.4 is 9.08 Å². The van der Waals surface area contributed by atoms with E-state index in [-0.39, 0.29) is 22.7 Å². The predicted molar refractivity (Wildman–Crippen MR) is 114 cm³/mol. The Morgan fingerprint density at radius 3 is 2.29 bits per heavy atom. The maximum absolute atomic E-state index is 12.7. The molecular formula is C17H20Cl2N2O5S2. The molecule has 1 unspecified atom stereocenters. The van der Waals surface area contributed by atoms with E-state index in [1.165, 1.54) is 23.6 Å². The van der Waals surface area contributed by atoms with Crippen molar-refractivity contribution in [1.82, 2.24) is 0 Å². The van der Waals surface area contributed by atoms with Crippen molar-refractivity contribution in [2.24, 2.45) is 0 Å². The molecule has 1 aromatic heterocycles. The molecule has 7 nitrogen and oxygen atoms in total. The second-order valence-corrected chi connectivity index (χ2v) is 9.14. The van der Waals surface area contributed by atoms with Crippen LogP contribution >= 0.6 is 34.5 Å². The average molecular weight is 467 g/mol. The van der Waals surface area contributed by atoms with Gasteiger partial charge in [0.05, 0.1) is 10.5 Å². The van der Waals surface area contributed by atoms with E-state index in [1.807, 2.05) is 4.90 Å². The van der Waals surface area contributed by atoms with E-state index in [0.29, 0.717) is 24.8 Å². The van der Waals surface area contributed by atoms with Gasteiger partial charge in [0.15, 0.2) is 0 Å².